The van der Waals surface area contributed by atoms with E-state index in [2.05, 4.69) is 58.5 Å². The number of carbonyl (C=O) groups excluding carboxylic acids is 1. The third kappa shape index (κ3) is 4.65. The van der Waals surface area contributed by atoms with Gasteiger partial charge in [-0.05, 0) is 44.1 Å². The third-order valence-electron chi connectivity index (χ3n) is 6.95. The number of hydrogen-bond acceptors (Lipinski definition) is 3. The number of nitrogens with zero attached hydrogens (tertiary/aromatic N) is 2. The van der Waals surface area contributed by atoms with Gasteiger partial charge in [-0.1, -0.05) is 55.0 Å². The van der Waals surface area contributed by atoms with E-state index in [4.69, 9.17) is 0 Å². The normalized spacial score (nSPS) is 30.3. The number of rotatable bonds is 5. The van der Waals surface area contributed by atoms with Crippen LogP contribution in [-0.4, -0.2) is 60.5 Å². The Labute approximate surface area is 175 Å². The number of carbonyl (C=O) groups is 1. The molecule has 0 radical (unpaired) electrons. The molecule has 2 aliphatic heterocycles. The molecule has 2 heterocycles. The summed E-state index contributed by atoms with van der Waals surface area (Å²) in [6, 6.07) is 1.31. The van der Waals surface area contributed by atoms with Gasteiger partial charge in [-0.2, -0.15) is 0 Å². The Morgan fingerprint density at radius 2 is 2.17 bits per heavy atom. The van der Waals surface area contributed by atoms with Crippen molar-refractivity contribution in [1.29, 1.82) is 0 Å². The van der Waals surface area contributed by atoms with Gasteiger partial charge in [-0.25, -0.2) is 0 Å². The van der Waals surface area contributed by atoms with Gasteiger partial charge in [0.25, 0.3) is 0 Å². The SMILES string of the molecule is C/C=C\C1=CC=C(C(=O)NCCN2CCN3C(CCC4=CC=CC[C@@H]43)C2)CC1C. The summed E-state index contributed by atoms with van der Waals surface area (Å²) in [6.45, 7) is 9.31. The Kier molecular flexibility index (Phi) is 6.51. The van der Waals surface area contributed by atoms with Crippen molar-refractivity contribution in [2.45, 2.75) is 51.6 Å². The van der Waals surface area contributed by atoms with Crippen molar-refractivity contribution >= 4 is 5.91 Å². The molecule has 156 valence electrons. The lowest BCUT2D eigenvalue weighted by molar-refractivity contribution is -0.117. The Balaban J connectivity index is 1.23. The van der Waals surface area contributed by atoms with Crippen LogP contribution in [0.25, 0.3) is 0 Å². The van der Waals surface area contributed by atoms with Crippen LogP contribution in [0.15, 0.2) is 59.3 Å². The van der Waals surface area contributed by atoms with E-state index in [1.165, 1.54) is 24.8 Å². The number of fused-ring (bicyclic) bond motifs is 3. The zero-order valence-electron chi connectivity index (χ0n) is 17.9. The van der Waals surface area contributed by atoms with E-state index in [0.717, 1.165) is 44.7 Å². The molecule has 1 N–H and O–H groups in total. The zero-order chi connectivity index (χ0) is 20.2. The van der Waals surface area contributed by atoms with Gasteiger partial charge in [-0.3, -0.25) is 14.6 Å². The maximum absolute atomic E-state index is 12.6. The Morgan fingerprint density at radius 1 is 1.28 bits per heavy atom. The fourth-order valence-corrected chi connectivity index (χ4v) is 5.30. The van der Waals surface area contributed by atoms with Crippen molar-refractivity contribution < 1.29 is 4.79 Å². The molecule has 2 aliphatic carbocycles. The summed E-state index contributed by atoms with van der Waals surface area (Å²) in [5, 5.41) is 3.16. The molecule has 4 aliphatic rings. The van der Waals surface area contributed by atoms with Crippen LogP contribution in [0.2, 0.25) is 0 Å². The molecule has 4 heteroatoms. The zero-order valence-corrected chi connectivity index (χ0v) is 17.9. The number of nitrogens with one attached hydrogen (secondary N) is 1. The molecule has 1 amide bonds. The number of piperidine rings is 1. The maximum Gasteiger partial charge on any atom is 0.247 e. The minimum absolute atomic E-state index is 0.104. The fourth-order valence-electron chi connectivity index (χ4n) is 5.30. The summed E-state index contributed by atoms with van der Waals surface area (Å²) in [5.41, 5.74) is 3.85. The van der Waals surface area contributed by atoms with E-state index in [-0.39, 0.29) is 5.91 Å². The van der Waals surface area contributed by atoms with Crippen LogP contribution in [-0.2, 0) is 4.79 Å². The first-order chi connectivity index (χ1) is 14.2. The first-order valence-electron chi connectivity index (χ1n) is 11.3. The lowest BCUT2D eigenvalue weighted by Gasteiger charge is -2.49. The second kappa shape index (κ2) is 9.27. The van der Waals surface area contributed by atoms with Crippen molar-refractivity contribution in [3.63, 3.8) is 0 Å². The maximum atomic E-state index is 12.6. The fraction of sp³-hybridized carbons (Fsp3) is 0.560. The van der Waals surface area contributed by atoms with E-state index in [1.807, 2.05) is 13.0 Å². The number of amides is 1. The van der Waals surface area contributed by atoms with Gasteiger partial charge in [0, 0.05) is 50.4 Å². The van der Waals surface area contributed by atoms with Crippen molar-refractivity contribution in [3.05, 3.63) is 59.3 Å². The molecule has 0 aromatic rings. The van der Waals surface area contributed by atoms with Crippen LogP contribution in [0.1, 0.15) is 39.5 Å². The molecule has 0 aromatic heterocycles. The van der Waals surface area contributed by atoms with Gasteiger partial charge in [0.15, 0.2) is 0 Å². The molecule has 29 heavy (non-hydrogen) atoms. The highest BCUT2D eigenvalue weighted by atomic mass is 16.1. The van der Waals surface area contributed by atoms with Crippen molar-refractivity contribution in [2.24, 2.45) is 5.92 Å². The highest BCUT2D eigenvalue weighted by Gasteiger charge is 2.36. The summed E-state index contributed by atoms with van der Waals surface area (Å²) in [6.07, 6.45) is 19.7. The minimum atomic E-state index is 0.104. The average molecular weight is 394 g/mol. The summed E-state index contributed by atoms with van der Waals surface area (Å²) in [5.74, 6) is 0.512. The summed E-state index contributed by atoms with van der Waals surface area (Å²) >= 11 is 0. The molecule has 2 unspecified atom stereocenters. The van der Waals surface area contributed by atoms with E-state index in [0.29, 0.717) is 18.0 Å². The lowest BCUT2D eigenvalue weighted by atomic mass is 9.85. The Hall–Kier alpha value is -1.91. The van der Waals surface area contributed by atoms with Gasteiger partial charge < -0.3 is 5.32 Å². The first-order valence-corrected chi connectivity index (χ1v) is 11.3. The van der Waals surface area contributed by atoms with Crippen molar-refractivity contribution in [1.82, 2.24) is 15.1 Å². The van der Waals surface area contributed by atoms with Gasteiger partial charge in [0.2, 0.25) is 5.91 Å². The molecular formula is C25H35N3O. The summed E-state index contributed by atoms with van der Waals surface area (Å²) in [7, 11) is 0. The summed E-state index contributed by atoms with van der Waals surface area (Å²) < 4.78 is 0. The first kappa shape index (κ1) is 20.4. The van der Waals surface area contributed by atoms with Crippen LogP contribution < -0.4 is 5.32 Å². The molecule has 2 saturated heterocycles. The predicted octanol–water partition coefficient (Wildman–Crippen LogP) is 3.61. The minimum Gasteiger partial charge on any atom is -0.351 e. The lowest BCUT2D eigenvalue weighted by Crippen LogP contribution is -2.59. The van der Waals surface area contributed by atoms with Gasteiger partial charge in [0.05, 0.1) is 0 Å². The van der Waals surface area contributed by atoms with Crippen LogP contribution in [0.3, 0.4) is 0 Å². The topological polar surface area (TPSA) is 35.6 Å². The molecule has 3 atom stereocenters. The predicted molar refractivity (Wildman–Crippen MR) is 120 cm³/mol. The molecule has 0 bridgehead atoms. The quantitative estimate of drug-likeness (QED) is 0.775. The second-order valence-electron chi connectivity index (χ2n) is 8.87. The van der Waals surface area contributed by atoms with E-state index >= 15 is 0 Å². The largest absolute Gasteiger partial charge is 0.351 e. The van der Waals surface area contributed by atoms with Gasteiger partial charge >= 0.3 is 0 Å². The monoisotopic (exact) mass is 393 g/mol. The van der Waals surface area contributed by atoms with E-state index in [1.54, 1.807) is 5.57 Å². The second-order valence-corrected chi connectivity index (χ2v) is 8.87. The molecule has 0 spiro atoms. The van der Waals surface area contributed by atoms with E-state index in [9.17, 15) is 4.79 Å². The number of piperazine rings is 1. The van der Waals surface area contributed by atoms with Crippen LogP contribution in [0.4, 0.5) is 0 Å². The molecule has 4 rings (SSSR count). The molecular weight excluding hydrogens is 358 g/mol. The Morgan fingerprint density at radius 3 is 3.00 bits per heavy atom. The highest BCUT2D eigenvalue weighted by Crippen LogP contribution is 2.33. The molecule has 0 saturated carbocycles. The Bertz CT molecular complexity index is 773. The van der Waals surface area contributed by atoms with E-state index < -0.39 is 0 Å². The molecule has 0 aromatic carbocycles. The van der Waals surface area contributed by atoms with Crippen molar-refractivity contribution in [3.8, 4) is 0 Å². The average Bonchev–Trinajstić information content (AvgIpc) is 2.75. The number of hydrogen-bond donors (Lipinski definition) is 1. The third-order valence-corrected chi connectivity index (χ3v) is 6.95. The smallest absolute Gasteiger partial charge is 0.247 e. The summed E-state index contributed by atoms with van der Waals surface area (Å²) in [4.78, 5) is 17.8. The van der Waals surface area contributed by atoms with Crippen LogP contribution >= 0.6 is 0 Å². The van der Waals surface area contributed by atoms with Gasteiger partial charge in [-0.15, -0.1) is 0 Å². The molecule has 4 nitrogen and oxygen atoms in total. The standard InChI is InChI=1S/C25H35N3O/c1-3-6-20-9-10-22(17-19(20)2)25(29)26-13-14-27-15-16-28-23(18-27)12-11-21-7-4-5-8-24(21)28/h3-7,9-10,19,23-24H,8,11-18H2,1-2H3,(H,26,29)/b6-3-/t19?,23?,24-/m0/s1. The highest BCUT2D eigenvalue weighted by molar-refractivity contribution is 5.94. The van der Waals surface area contributed by atoms with Gasteiger partial charge in [0.1, 0.15) is 0 Å². The van der Waals surface area contributed by atoms with Crippen LogP contribution in [0, 0.1) is 5.92 Å². The van der Waals surface area contributed by atoms with Crippen molar-refractivity contribution in [2.75, 3.05) is 32.7 Å². The number of allylic oxidation sites excluding steroid dienone is 7. The van der Waals surface area contributed by atoms with Crippen LogP contribution in [0.5, 0.6) is 0 Å². The molecule has 2 fully saturated rings.